The van der Waals surface area contributed by atoms with Crippen molar-refractivity contribution < 1.29 is 0 Å². The van der Waals surface area contributed by atoms with Gasteiger partial charge in [0, 0.05) is 26.8 Å². The van der Waals surface area contributed by atoms with Crippen molar-refractivity contribution in [3.05, 3.63) is 249 Å². The second-order valence-electron chi connectivity index (χ2n) is 16.4. The summed E-state index contributed by atoms with van der Waals surface area (Å²) in [5.74, 6) is 0. The predicted molar refractivity (Wildman–Crippen MR) is 276 cm³/mol. The van der Waals surface area contributed by atoms with Gasteiger partial charge >= 0.3 is 0 Å². The van der Waals surface area contributed by atoms with E-state index >= 15 is 0 Å². The highest BCUT2D eigenvalue weighted by atomic mass is 32.1. The van der Waals surface area contributed by atoms with Crippen LogP contribution in [0, 0.1) is 0 Å². The van der Waals surface area contributed by atoms with E-state index in [9.17, 15) is 0 Å². The molecule has 300 valence electrons. The van der Waals surface area contributed by atoms with Crippen molar-refractivity contribution in [3.8, 4) is 55.6 Å². The van der Waals surface area contributed by atoms with E-state index in [0.717, 1.165) is 17.1 Å². The molecule has 11 aromatic carbocycles. The standard InChI is InChI=1S/C62H41NS/c1-5-18-42(19-6-1)44-32-36-49(37-33-44)63(58-41-48(43-20-7-2-8-21-43)40-57-56-31-17-30-51(61(56)64-62(57)58)45-22-9-3-10-23-45)50-38-34-47(35-39-50)60-55-29-16-14-27-53(55)52-26-13-15-28-54(52)59(60)46-24-11-4-12-25-46/h1-41H. The molecule has 0 atom stereocenters. The van der Waals surface area contributed by atoms with Crippen LogP contribution in [0.1, 0.15) is 0 Å². The smallest absolute Gasteiger partial charge is 0.0646 e. The van der Waals surface area contributed by atoms with Gasteiger partial charge in [-0.15, -0.1) is 11.3 Å². The largest absolute Gasteiger partial charge is 0.309 e. The van der Waals surface area contributed by atoms with Gasteiger partial charge in [-0.05, 0) is 114 Å². The van der Waals surface area contributed by atoms with Crippen LogP contribution in [0.15, 0.2) is 249 Å². The van der Waals surface area contributed by atoms with Crippen molar-refractivity contribution in [1.29, 1.82) is 0 Å². The van der Waals surface area contributed by atoms with Gasteiger partial charge in [0.15, 0.2) is 0 Å². The molecule has 0 bridgehead atoms. The zero-order chi connectivity index (χ0) is 42.4. The van der Waals surface area contributed by atoms with E-state index in [-0.39, 0.29) is 0 Å². The molecule has 0 N–H and O–H groups in total. The summed E-state index contributed by atoms with van der Waals surface area (Å²) in [5, 5.41) is 7.56. The highest BCUT2D eigenvalue weighted by Gasteiger charge is 2.23. The lowest BCUT2D eigenvalue weighted by molar-refractivity contribution is 1.30. The fourth-order valence-corrected chi connectivity index (χ4v) is 11.0. The number of thiophene rings is 1. The lowest BCUT2D eigenvalue weighted by atomic mass is 9.85. The van der Waals surface area contributed by atoms with Crippen molar-refractivity contribution in [2.45, 2.75) is 0 Å². The Kier molecular flexibility index (Phi) is 9.43. The van der Waals surface area contributed by atoms with Crippen molar-refractivity contribution in [1.82, 2.24) is 0 Å². The summed E-state index contributed by atoms with van der Waals surface area (Å²) in [4.78, 5) is 2.47. The molecular formula is C62H41NS. The summed E-state index contributed by atoms with van der Waals surface area (Å²) in [5.41, 5.74) is 15.5. The van der Waals surface area contributed by atoms with Gasteiger partial charge in [-0.3, -0.25) is 0 Å². The van der Waals surface area contributed by atoms with Crippen LogP contribution in [0.25, 0.3) is 97.4 Å². The minimum Gasteiger partial charge on any atom is -0.309 e. The van der Waals surface area contributed by atoms with Crippen LogP contribution < -0.4 is 4.90 Å². The van der Waals surface area contributed by atoms with Gasteiger partial charge in [0.2, 0.25) is 0 Å². The number of nitrogens with zero attached hydrogens (tertiary/aromatic N) is 1. The first-order chi connectivity index (χ1) is 31.8. The predicted octanol–water partition coefficient (Wildman–Crippen LogP) is 18.2. The molecule has 0 aliphatic heterocycles. The Balaban J connectivity index is 1.11. The number of hydrogen-bond acceptors (Lipinski definition) is 2. The molecule has 1 heterocycles. The van der Waals surface area contributed by atoms with Gasteiger partial charge in [0.25, 0.3) is 0 Å². The van der Waals surface area contributed by atoms with Crippen LogP contribution in [0.3, 0.4) is 0 Å². The number of benzene rings is 11. The molecule has 0 unspecified atom stereocenters. The van der Waals surface area contributed by atoms with Crippen LogP contribution in [-0.4, -0.2) is 0 Å². The third-order valence-electron chi connectivity index (χ3n) is 12.7. The van der Waals surface area contributed by atoms with E-state index in [4.69, 9.17) is 0 Å². The Morgan fingerprint density at radius 2 is 0.656 bits per heavy atom. The maximum Gasteiger partial charge on any atom is 0.0646 e. The van der Waals surface area contributed by atoms with E-state index < -0.39 is 0 Å². The molecule has 2 heteroatoms. The fraction of sp³-hybridized carbons (Fsp3) is 0. The van der Waals surface area contributed by atoms with E-state index in [1.54, 1.807) is 0 Å². The second-order valence-corrected chi connectivity index (χ2v) is 17.4. The lowest BCUT2D eigenvalue weighted by Gasteiger charge is -2.27. The van der Waals surface area contributed by atoms with Crippen LogP contribution in [0.2, 0.25) is 0 Å². The van der Waals surface area contributed by atoms with E-state index in [1.807, 2.05) is 11.3 Å². The maximum atomic E-state index is 2.47. The van der Waals surface area contributed by atoms with Crippen LogP contribution in [-0.2, 0) is 0 Å². The van der Waals surface area contributed by atoms with E-state index in [2.05, 4.69) is 254 Å². The van der Waals surface area contributed by atoms with Gasteiger partial charge < -0.3 is 4.90 Å². The summed E-state index contributed by atoms with van der Waals surface area (Å²) < 4.78 is 2.54. The molecule has 0 fully saturated rings. The quantitative estimate of drug-likeness (QED) is 0.138. The Morgan fingerprint density at radius 3 is 1.20 bits per heavy atom. The van der Waals surface area contributed by atoms with E-state index in [0.29, 0.717) is 0 Å². The monoisotopic (exact) mass is 831 g/mol. The van der Waals surface area contributed by atoms with Gasteiger partial charge in [0.05, 0.1) is 10.4 Å². The Labute approximate surface area is 377 Å². The minimum absolute atomic E-state index is 1.09. The fourth-order valence-electron chi connectivity index (χ4n) is 9.67. The third-order valence-corrected chi connectivity index (χ3v) is 13.9. The van der Waals surface area contributed by atoms with E-state index in [1.165, 1.54) is 97.4 Å². The topological polar surface area (TPSA) is 3.24 Å². The zero-order valence-electron chi connectivity index (χ0n) is 35.0. The van der Waals surface area contributed by atoms with Crippen LogP contribution in [0.4, 0.5) is 17.1 Å². The normalized spacial score (nSPS) is 11.4. The molecule has 0 amide bonds. The summed E-state index contributed by atoms with van der Waals surface area (Å²) in [6, 6.07) is 90.9. The molecule has 12 rings (SSSR count). The highest BCUT2D eigenvalue weighted by Crippen LogP contribution is 2.50. The molecule has 0 radical (unpaired) electrons. The zero-order valence-corrected chi connectivity index (χ0v) is 35.8. The highest BCUT2D eigenvalue weighted by molar-refractivity contribution is 7.27. The first kappa shape index (κ1) is 37.7. The van der Waals surface area contributed by atoms with Crippen molar-refractivity contribution in [2.24, 2.45) is 0 Å². The summed E-state index contributed by atoms with van der Waals surface area (Å²) in [6.45, 7) is 0. The van der Waals surface area contributed by atoms with Gasteiger partial charge in [-0.2, -0.15) is 0 Å². The van der Waals surface area contributed by atoms with Gasteiger partial charge in [0.1, 0.15) is 0 Å². The lowest BCUT2D eigenvalue weighted by Crippen LogP contribution is -2.10. The molecule has 0 saturated heterocycles. The molecule has 0 aliphatic carbocycles. The molecule has 0 spiro atoms. The van der Waals surface area contributed by atoms with Gasteiger partial charge in [-0.25, -0.2) is 0 Å². The average Bonchev–Trinajstić information content (AvgIpc) is 3.77. The first-order valence-corrected chi connectivity index (χ1v) is 22.7. The molecule has 1 aromatic heterocycles. The van der Waals surface area contributed by atoms with Crippen LogP contribution >= 0.6 is 11.3 Å². The molecule has 12 aromatic rings. The second kappa shape index (κ2) is 16.0. The van der Waals surface area contributed by atoms with Gasteiger partial charge in [-0.1, -0.05) is 212 Å². The molecule has 0 aliphatic rings. The van der Waals surface area contributed by atoms with Crippen LogP contribution in [0.5, 0.6) is 0 Å². The average molecular weight is 832 g/mol. The van der Waals surface area contributed by atoms with Crippen molar-refractivity contribution >= 4 is 70.1 Å². The number of fused-ring (bicyclic) bond motifs is 6. The molecule has 0 saturated carbocycles. The molecular weight excluding hydrogens is 791 g/mol. The Hall–Kier alpha value is -8.04. The third kappa shape index (κ3) is 6.55. The number of rotatable bonds is 8. The number of anilines is 3. The van der Waals surface area contributed by atoms with Crippen molar-refractivity contribution in [2.75, 3.05) is 4.90 Å². The molecule has 64 heavy (non-hydrogen) atoms. The Bertz CT molecular complexity index is 3610. The maximum absolute atomic E-state index is 2.47. The van der Waals surface area contributed by atoms with Crippen molar-refractivity contribution in [3.63, 3.8) is 0 Å². The number of hydrogen-bond donors (Lipinski definition) is 0. The minimum atomic E-state index is 1.09. The SMILES string of the molecule is c1ccc(-c2ccc(N(c3ccc(-c4c(-c5ccccc5)c5ccccc5c5ccccc45)cc3)c3cc(-c4ccccc4)cc4c3sc3c(-c5ccccc5)cccc34)cc2)cc1. The summed E-state index contributed by atoms with van der Waals surface area (Å²) >= 11 is 1.89. The first-order valence-electron chi connectivity index (χ1n) is 21.9. The summed E-state index contributed by atoms with van der Waals surface area (Å²) in [6.07, 6.45) is 0. The summed E-state index contributed by atoms with van der Waals surface area (Å²) in [7, 11) is 0. The Morgan fingerprint density at radius 1 is 0.250 bits per heavy atom. The molecule has 1 nitrogen and oxygen atoms in total.